The van der Waals surface area contributed by atoms with Crippen LogP contribution in [0.4, 0.5) is 16.0 Å². The molecule has 0 spiro atoms. The molecule has 2 aliphatic heterocycles. The molecule has 0 aromatic carbocycles. The number of ether oxygens (including phenoxy) is 1. The minimum atomic E-state index is -4.90. The number of rotatable bonds is 2. The fourth-order valence-electron chi connectivity index (χ4n) is 5.70. The zero-order valence-corrected chi connectivity index (χ0v) is 23.7. The summed E-state index contributed by atoms with van der Waals surface area (Å²) in [6.45, 7) is -1.16. The van der Waals surface area contributed by atoms with Crippen LogP contribution in [0.2, 0.25) is 0 Å². The van der Waals surface area contributed by atoms with Crippen molar-refractivity contribution >= 4 is 49.6 Å². The number of halogens is 1. The molecule has 6 heterocycles. The van der Waals surface area contributed by atoms with E-state index in [1.54, 1.807) is 4.57 Å². The van der Waals surface area contributed by atoms with Crippen molar-refractivity contribution in [1.82, 2.24) is 39.0 Å². The number of nitrogen functional groups attached to an aromatic ring is 2. The maximum atomic E-state index is 15.9. The highest BCUT2D eigenvalue weighted by Gasteiger charge is 2.52. The van der Waals surface area contributed by atoms with Crippen LogP contribution in [0.1, 0.15) is 25.1 Å². The maximum absolute atomic E-state index is 15.9. The SMILES string of the molecule is Nc1ncnc2c1ncn2[C@@H]1C[C@@H]2COP(=O)(O)OC3[C@@H](COP(=O)(O)O[C@@H]2C1)O[C@@H](n1cnc2c(N)ncnc21)[C@H]3F. The van der Waals surface area contributed by atoms with Gasteiger partial charge in [0.2, 0.25) is 0 Å². The number of nitrogens with zero attached hydrogens (tertiary/aromatic N) is 8. The molecule has 4 aromatic heterocycles. The topological polar surface area (TPSA) is 260 Å². The largest absolute Gasteiger partial charge is 0.472 e. The van der Waals surface area contributed by atoms with E-state index in [9.17, 15) is 18.9 Å². The van der Waals surface area contributed by atoms with E-state index in [-0.39, 0.29) is 41.7 Å². The van der Waals surface area contributed by atoms with E-state index >= 15 is 4.39 Å². The number of hydrogen-bond acceptors (Lipinski definition) is 15. The molecule has 2 saturated heterocycles. The first-order chi connectivity index (χ1) is 20.5. The summed E-state index contributed by atoms with van der Waals surface area (Å²) in [5, 5.41) is 0. The molecule has 1 aliphatic carbocycles. The number of alkyl halides is 1. The Balaban J connectivity index is 1.15. The molecule has 0 amide bonds. The Bertz CT molecular complexity index is 1790. The van der Waals surface area contributed by atoms with Gasteiger partial charge in [-0.05, 0) is 12.8 Å². The molecule has 9 atom stereocenters. The Morgan fingerprint density at radius 2 is 1.42 bits per heavy atom. The Morgan fingerprint density at radius 1 is 0.814 bits per heavy atom. The third-order valence-corrected chi connectivity index (χ3v) is 9.69. The van der Waals surface area contributed by atoms with Crippen molar-refractivity contribution in [1.29, 1.82) is 0 Å². The molecular formula is C21H25FN10O9P2. The van der Waals surface area contributed by atoms with Crippen molar-refractivity contribution in [2.45, 2.75) is 49.6 Å². The van der Waals surface area contributed by atoms with E-state index in [0.29, 0.717) is 11.2 Å². The number of fused-ring (bicyclic) bond motifs is 4. The minimum Gasteiger partial charge on any atom is -0.382 e. The van der Waals surface area contributed by atoms with Gasteiger partial charge in [-0.3, -0.25) is 22.7 Å². The summed E-state index contributed by atoms with van der Waals surface area (Å²) in [6, 6.07) is -0.372. The van der Waals surface area contributed by atoms with Gasteiger partial charge in [0.1, 0.15) is 35.9 Å². The van der Waals surface area contributed by atoms with Gasteiger partial charge in [0.05, 0.1) is 32.0 Å². The fraction of sp³-hybridized carbons (Fsp3) is 0.524. The quantitative estimate of drug-likeness (QED) is 0.223. The van der Waals surface area contributed by atoms with Crippen LogP contribution in [0.15, 0.2) is 25.3 Å². The zero-order valence-electron chi connectivity index (χ0n) is 21.9. The molecule has 6 N–H and O–H groups in total. The van der Waals surface area contributed by atoms with Crippen LogP contribution in [0, 0.1) is 5.92 Å². The minimum absolute atomic E-state index is 0.0428. The van der Waals surface area contributed by atoms with Gasteiger partial charge in [-0.15, -0.1) is 0 Å². The molecule has 230 valence electrons. The number of phosphoric ester groups is 2. The van der Waals surface area contributed by atoms with Crippen LogP contribution in [-0.2, 0) is 32.0 Å². The van der Waals surface area contributed by atoms with Gasteiger partial charge in [-0.1, -0.05) is 0 Å². The first-order valence-electron chi connectivity index (χ1n) is 13.0. The van der Waals surface area contributed by atoms with Gasteiger partial charge < -0.3 is 30.6 Å². The highest BCUT2D eigenvalue weighted by molar-refractivity contribution is 7.47. The van der Waals surface area contributed by atoms with E-state index < -0.39 is 65.5 Å². The smallest absolute Gasteiger partial charge is 0.382 e. The van der Waals surface area contributed by atoms with Gasteiger partial charge in [-0.2, -0.15) is 0 Å². The van der Waals surface area contributed by atoms with Crippen LogP contribution in [0.5, 0.6) is 0 Å². The predicted octanol–water partition coefficient (Wildman–Crippen LogP) is 1.04. The molecule has 3 aliphatic rings. The summed E-state index contributed by atoms with van der Waals surface area (Å²) in [7, 11) is -9.67. The third kappa shape index (κ3) is 5.17. The van der Waals surface area contributed by atoms with Crippen LogP contribution in [0.25, 0.3) is 22.3 Å². The lowest BCUT2D eigenvalue weighted by Gasteiger charge is -2.27. The van der Waals surface area contributed by atoms with Crippen molar-refractivity contribution < 1.29 is 46.1 Å². The Kier molecular flexibility index (Phi) is 6.95. The van der Waals surface area contributed by atoms with E-state index in [0.717, 1.165) is 6.33 Å². The zero-order chi connectivity index (χ0) is 30.1. The lowest BCUT2D eigenvalue weighted by Crippen LogP contribution is -2.35. The molecule has 4 aromatic rings. The summed E-state index contributed by atoms with van der Waals surface area (Å²) < 4.78 is 71.9. The maximum Gasteiger partial charge on any atom is 0.472 e. The summed E-state index contributed by atoms with van der Waals surface area (Å²) in [6.07, 6.45) is -2.16. The second-order valence-corrected chi connectivity index (χ2v) is 13.1. The van der Waals surface area contributed by atoms with Crippen molar-refractivity contribution in [3.8, 4) is 0 Å². The summed E-state index contributed by atoms with van der Waals surface area (Å²) in [4.78, 5) is 45.6. The molecule has 3 unspecified atom stereocenters. The van der Waals surface area contributed by atoms with Crippen LogP contribution >= 0.6 is 15.6 Å². The molecule has 0 bridgehead atoms. The fourth-order valence-corrected chi connectivity index (χ4v) is 7.70. The van der Waals surface area contributed by atoms with Crippen LogP contribution in [-0.4, -0.2) is 86.5 Å². The Labute approximate surface area is 240 Å². The van der Waals surface area contributed by atoms with Crippen molar-refractivity contribution in [3.05, 3.63) is 25.3 Å². The highest BCUT2D eigenvalue weighted by atomic mass is 31.2. The molecule has 1 saturated carbocycles. The number of anilines is 2. The number of aromatic nitrogens is 8. The monoisotopic (exact) mass is 642 g/mol. The van der Waals surface area contributed by atoms with Crippen molar-refractivity contribution in [3.63, 3.8) is 0 Å². The van der Waals surface area contributed by atoms with Crippen LogP contribution in [0.3, 0.4) is 0 Å². The van der Waals surface area contributed by atoms with Crippen LogP contribution < -0.4 is 11.5 Å². The summed E-state index contributed by atoms with van der Waals surface area (Å²) in [5.74, 6) is -0.457. The standard InChI is InChI=1S/C21H25FN10O9P2/c22-13-16-12(39-21(13)32-8-30-15-18(24)26-6-28-20(15)32)4-38-42(33,34)40-11-2-10(1-9(11)3-37-43(35,36)41-16)31-7-29-14-17(23)25-5-27-19(14)31/h5-13,16,21H,1-4H2,(H,33,34)(H,35,36)(H2,23,25,27)(H2,24,26,28)/t9-,10-,11-,12-,13+,16?,21-/m1/s1. The summed E-state index contributed by atoms with van der Waals surface area (Å²) >= 11 is 0. The second-order valence-electron chi connectivity index (χ2n) is 10.3. The first kappa shape index (κ1) is 28.6. The normalized spacial score (nSPS) is 37.1. The van der Waals surface area contributed by atoms with E-state index in [4.69, 9.17) is 34.3 Å². The van der Waals surface area contributed by atoms with Gasteiger partial charge in [0.15, 0.2) is 35.3 Å². The van der Waals surface area contributed by atoms with E-state index in [2.05, 4.69) is 29.9 Å². The van der Waals surface area contributed by atoms with Gasteiger partial charge in [-0.25, -0.2) is 43.4 Å². The predicted molar refractivity (Wildman–Crippen MR) is 141 cm³/mol. The number of phosphoric acid groups is 2. The molecule has 3 fully saturated rings. The molecule has 43 heavy (non-hydrogen) atoms. The lowest BCUT2D eigenvalue weighted by molar-refractivity contribution is -0.0523. The third-order valence-electron chi connectivity index (χ3n) is 7.69. The number of hydrogen-bond donors (Lipinski definition) is 4. The van der Waals surface area contributed by atoms with Crippen molar-refractivity contribution in [2.24, 2.45) is 5.92 Å². The first-order valence-corrected chi connectivity index (χ1v) is 16.0. The average Bonchev–Trinajstić information content (AvgIpc) is 3.72. The van der Waals surface area contributed by atoms with E-state index in [1.165, 1.54) is 23.5 Å². The molecule has 7 rings (SSSR count). The number of nitrogens with two attached hydrogens (primary N) is 2. The Hall–Kier alpha value is -3.19. The van der Waals surface area contributed by atoms with E-state index in [1.807, 2.05) is 0 Å². The summed E-state index contributed by atoms with van der Waals surface area (Å²) in [5.41, 5.74) is 12.8. The van der Waals surface area contributed by atoms with Gasteiger partial charge in [0.25, 0.3) is 0 Å². The number of imidazole rings is 2. The Morgan fingerprint density at radius 3 is 2.12 bits per heavy atom. The van der Waals surface area contributed by atoms with Gasteiger partial charge >= 0.3 is 15.6 Å². The molecular weight excluding hydrogens is 617 g/mol. The molecule has 22 heteroatoms. The van der Waals surface area contributed by atoms with Gasteiger partial charge in [0, 0.05) is 12.0 Å². The lowest BCUT2D eigenvalue weighted by atomic mass is 10.1. The average molecular weight is 642 g/mol. The molecule has 0 radical (unpaired) electrons. The second kappa shape index (κ2) is 10.5. The molecule has 19 nitrogen and oxygen atoms in total. The van der Waals surface area contributed by atoms with Crippen molar-refractivity contribution in [2.75, 3.05) is 24.7 Å². The highest BCUT2D eigenvalue weighted by Crippen LogP contribution is 2.55.